The van der Waals surface area contributed by atoms with E-state index in [2.05, 4.69) is 0 Å². The molecule has 0 saturated carbocycles. The molecule has 1 heterocycles. The van der Waals surface area contributed by atoms with Gasteiger partial charge in [-0.25, -0.2) is 4.39 Å². The Morgan fingerprint density at radius 1 is 1.58 bits per heavy atom. The molecular formula is C14H18FNO3. The molecule has 1 aliphatic heterocycles. The topological polar surface area (TPSA) is 49.8 Å². The van der Waals surface area contributed by atoms with E-state index < -0.39 is 0 Å². The number of carbonyl (C=O) groups excluding carboxylic acids is 1. The van der Waals surface area contributed by atoms with Gasteiger partial charge in [0.05, 0.1) is 25.4 Å². The highest BCUT2D eigenvalue weighted by Crippen LogP contribution is 2.17. The van der Waals surface area contributed by atoms with Crippen LogP contribution in [-0.2, 0) is 4.74 Å². The first-order chi connectivity index (χ1) is 9.02. The lowest BCUT2D eigenvalue weighted by Crippen LogP contribution is -2.52. The van der Waals surface area contributed by atoms with Crippen molar-refractivity contribution in [1.82, 2.24) is 4.90 Å². The highest BCUT2D eigenvalue weighted by atomic mass is 19.1. The summed E-state index contributed by atoms with van der Waals surface area (Å²) in [4.78, 5) is 14.0. The molecule has 1 aromatic carbocycles. The summed E-state index contributed by atoms with van der Waals surface area (Å²) < 4.78 is 18.9. The van der Waals surface area contributed by atoms with Crippen molar-refractivity contribution in [2.24, 2.45) is 0 Å². The third-order valence-electron chi connectivity index (χ3n) is 3.39. The second-order valence-electron chi connectivity index (χ2n) is 4.91. The average Bonchev–Trinajstić information content (AvgIpc) is 2.41. The molecule has 0 bridgehead atoms. The van der Waals surface area contributed by atoms with Crippen LogP contribution in [0.25, 0.3) is 0 Å². The fraction of sp³-hybridized carbons (Fsp3) is 0.500. The van der Waals surface area contributed by atoms with E-state index in [1.54, 1.807) is 24.0 Å². The number of aliphatic hydroxyl groups is 1. The Balaban J connectivity index is 2.19. The Kier molecular flexibility index (Phi) is 4.17. The fourth-order valence-electron chi connectivity index (χ4n) is 2.10. The van der Waals surface area contributed by atoms with Crippen LogP contribution in [0.3, 0.4) is 0 Å². The molecule has 4 nitrogen and oxygen atoms in total. The number of morpholine rings is 1. The summed E-state index contributed by atoms with van der Waals surface area (Å²) in [5.41, 5.74) is 0.841. The summed E-state index contributed by atoms with van der Waals surface area (Å²) >= 11 is 0. The minimum Gasteiger partial charge on any atom is -0.394 e. The molecule has 104 valence electrons. The average molecular weight is 267 g/mol. The Morgan fingerprint density at radius 3 is 2.95 bits per heavy atom. The Morgan fingerprint density at radius 2 is 2.32 bits per heavy atom. The van der Waals surface area contributed by atoms with Gasteiger partial charge in [0, 0.05) is 12.1 Å². The summed E-state index contributed by atoms with van der Waals surface area (Å²) in [7, 11) is 0. The fourth-order valence-corrected chi connectivity index (χ4v) is 2.10. The number of amides is 1. The highest BCUT2D eigenvalue weighted by molar-refractivity contribution is 5.94. The Hall–Kier alpha value is -1.46. The van der Waals surface area contributed by atoms with Crippen LogP contribution >= 0.6 is 0 Å². The molecule has 0 radical (unpaired) electrons. The third kappa shape index (κ3) is 2.93. The van der Waals surface area contributed by atoms with E-state index >= 15 is 0 Å². The van der Waals surface area contributed by atoms with Crippen LogP contribution in [0.4, 0.5) is 4.39 Å². The molecule has 2 rings (SSSR count). The molecular weight excluding hydrogens is 249 g/mol. The predicted octanol–water partition coefficient (Wildman–Crippen LogP) is 1.36. The third-order valence-corrected chi connectivity index (χ3v) is 3.39. The number of aliphatic hydroxyl groups excluding tert-OH is 1. The van der Waals surface area contributed by atoms with Gasteiger partial charge in [-0.1, -0.05) is 6.07 Å². The minimum atomic E-state index is -0.384. The van der Waals surface area contributed by atoms with Crippen molar-refractivity contribution in [3.8, 4) is 0 Å². The first kappa shape index (κ1) is 14.0. The number of nitrogens with zero attached hydrogens (tertiary/aromatic N) is 1. The van der Waals surface area contributed by atoms with Crippen LogP contribution in [0, 0.1) is 12.7 Å². The molecule has 1 saturated heterocycles. The van der Waals surface area contributed by atoms with Crippen molar-refractivity contribution >= 4 is 5.91 Å². The van der Waals surface area contributed by atoms with Crippen LogP contribution in [-0.4, -0.2) is 47.8 Å². The van der Waals surface area contributed by atoms with Gasteiger partial charge < -0.3 is 14.7 Å². The van der Waals surface area contributed by atoms with Crippen LogP contribution in [0.5, 0.6) is 0 Å². The predicted molar refractivity (Wildman–Crippen MR) is 68.5 cm³/mol. The van der Waals surface area contributed by atoms with Gasteiger partial charge in [0.15, 0.2) is 0 Å². The molecule has 0 spiro atoms. The van der Waals surface area contributed by atoms with Crippen LogP contribution < -0.4 is 0 Å². The second-order valence-corrected chi connectivity index (χ2v) is 4.91. The number of benzene rings is 1. The molecule has 0 aliphatic carbocycles. The van der Waals surface area contributed by atoms with Crippen LogP contribution in [0.2, 0.25) is 0 Å². The van der Waals surface area contributed by atoms with Gasteiger partial charge in [-0.05, 0) is 31.5 Å². The number of halogens is 1. The van der Waals surface area contributed by atoms with Crippen molar-refractivity contribution in [3.63, 3.8) is 0 Å². The number of hydrogen-bond acceptors (Lipinski definition) is 3. The van der Waals surface area contributed by atoms with Gasteiger partial charge in [0.25, 0.3) is 5.91 Å². The minimum absolute atomic E-state index is 0.0836. The van der Waals surface area contributed by atoms with E-state index in [-0.39, 0.29) is 30.5 Å². The summed E-state index contributed by atoms with van der Waals surface area (Å²) in [6, 6.07) is 4.39. The number of ether oxygens (including phenoxy) is 1. The van der Waals surface area contributed by atoms with Gasteiger partial charge in [-0.2, -0.15) is 0 Å². The maximum Gasteiger partial charge on any atom is 0.254 e. The number of carbonyl (C=O) groups is 1. The zero-order chi connectivity index (χ0) is 14.0. The van der Waals surface area contributed by atoms with E-state index in [9.17, 15) is 9.18 Å². The van der Waals surface area contributed by atoms with Gasteiger partial charge in [0.2, 0.25) is 0 Å². The van der Waals surface area contributed by atoms with Crippen molar-refractivity contribution in [3.05, 3.63) is 35.1 Å². The quantitative estimate of drug-likeness (QED) is 0.880. The van der Waals surface area contributed by atoms with E-state index in [4.69, 9.17) is 9.84 Å². The normalized spacial score (nSPS) is 23.5. The second kappa shape index (κ2) is 5.67. The first-order valence-electron chi connectivity index (χ1n) is 6.32. The standard InChI is InChI=1S/C14H18FNO3/c1-9-3-4-11(5-13(9)15)14(18)16-6-12(7-17)19-8-10(16)2/h3-5,10,12,17H,6-8H2,1-2H3. The van der Waals surface area contributed by atoms with Crippen molar-refractivity contribution < 1.29 is 19.0 Å². The van der Waals surface area contributed by atoms with Gasteiger partial charge in [-0.15, -0.1) is 0 Å². The lowest BCUT2D eigenvalue weighted by Gasteiger charge is -2.37. The van der Waals surface area contributed by atoms with Crippen LogP contribution in [0.1, 0.15) is 22.8 Å². The lowest BCUT2D eigenvalue weighted by molar-refractivity contribution is -0.0667. The Bertz CT molecular complexity index is 478. The summed E-state index contributed by atoms with van der Waals surface area (Å²) in [6.45, 7) is 4.11. The number of rotatable bonds is 2. The smallest absolute Gasteiger partial charge is 0.254 e. The van der Waals surface area contributed by atoms with E-state index in [1.165, 1.54) is 6.07 Å². The van der Waals surface area contributed by atoms with Crippen molar-refractivity contribution in [2.75, 3.05) is 19.8 Å². The number of aryl methyl sites for hydroxylation is 1. The van der Waals surface area contributed by atoms with Crippen molar-refractivity contribution in [1.29, 1.82) is 0 Å². The molecule has 5 heteroatoms. The van der Waals surface area contributed by atoms with Gasteiger partial charge >= 0.3 is 0 Å². The highest BCUT2D eigenvalue weighted by Gasteiger charge is 2.30. The molecule has 19 heavy (non-hydrogen) atoms. The molecule has 1 aliphatic rings. The molecule has 1 fully saturated rings. The maximum atomic E-state index is 13.5. The molecule has 0 aromatic heterocycles. The Labute approximate surface area is 111 Å². The largest absolute Gasteiger partial charge is 0.394 e. The first-order valence-corrected chi connectivity index (χ1v) is 6.32. The molecule has 1 amide bonds. The van der Waals surface area contributed by atoms with E-state index in [0.717, 1.165) is 0 Å². The van der Waals surface area contributed by atoms with E-state index in [1.807, 2.05) is 6.92 Å². The molecule has 2 unspecified atom stereocenters. The summed E-state index contributed by atoms with van der Waals surface area (Å²) in [6.07, 6.45) is -0.365. The van der Waals surface area contributed by atoms with Gasteiger partial charge in [0.1, 0.15) is 5.82 Å². The maximum absolute atomic E-state index is 13.5. The van der Waals surface area contributed by atoms with Crippen LogP contribution in [0.15, 0.2) is 18.2 Å². The monoisotopic (exact) mass is 267 g/mol. The van der Waals surface area contributed by atoms with Gasteiger partial charge in [-0.3, -0.25) is 4.79 Å². The zero-order valence-corrected chi connectivity index (χ0v) is 11.1. The zero-order valence-electron chi connectivity index (χ0n) is 11.1. The van der Waals surface area contributed by atoms with Crippen molar-refractivity contribution in [2.45, 2.75) is 26.0 Å². The summed E-state index contributed by atoms with van der Waals surface area (Å²) in [5, 5.41) is 9.10. The molecule has 1 N–H and O–H groups in total. The van der Waals surface area contributed by atoms with E-state index in [0.29, 0.717) is 24.3 Å². The lowest BCUT2D eigenvalue weighted by atomic mass is 10.1. The number of hydrogen-bond donors (Lipinski definition) is 1. The molecule has 2 atom stereocenters. The molecule has 1 aromatic rings. The summed E-state index contributed by atoms with van der Waals surface area (Å²) in [5.74, 6) is -0.612. The SMILES string of the molecule is Cc1ccc(C(=O)N2CC(CO)OCC2C)cc1F.